The number of aliphatic imine (C=N–C) groups is 2. The van der Waals surface area contributed by atoms with E-state index in [9.17, 15) is 26.3 Å². The Hall–Kier alpha value is -3.04. The Balaban J connectivity index is 2.09. The number of aryl methyl sites for hydroxylation is 3. The molecule has 1 atom stereocenters. The summed E-state index contributed by atoms with van der Waals surface area (Å²) in [5.74, 6) is -2.05. The quantitative estimate of drug-likeness (QED) is 0.0843. The van der Waals surface area contributed by atoms with Gasteiger partial charge in [0.2, 0.25) is 11.7 Å². The van der Waals surface area contributed by atoms with Gasteiger partial charge >= 0.3 is 12.4 Å². The van der Waals surface area contributed by atoms with Gasteiger partial charge < -0.3 is 10.6 Å². The molecule has 0 saturated heterocycles. The summed E-state index contributed by atoms with van der Waals surface area (Å²) >= 11 is 0. The van der Waals surface area contributed by atoms with Crippen LogP contribution in [0.2, 0.25) is 0 Å². The molecule has 0 aromatic heterocycles. The molecule has 2 N–H and O–H groups in total. The third-order valence-corrected chi connectivity index (χ3v) is 7.48. The van der Waals surface area contributed by atoms with Gasteiger partial charge in [0.1, 0.15) is 0 Å². The van der Waals surface area contributed by atoms with Crippen molar-refractivity contribution in [3.8, 4) is 0 Å². The molecule has 0 heterocycles. The van der Waals surface area contributed by atoms with Crippen LogP contribution in [0.5, 0.6) is 0 Å². The minimum atomic E-state index is -4.67. The molecule has 0 amide bonds. The molecule has 2 aromatic rings. The summed E-state index contributed by atoms with van der Waals surface area (Å²) in [6.45, 7) is 9.87. The first-order chi connectivity index (χ1) is 20.9. The van der Waals surface area contributed by atoms with E-state index in [2.05, 4.69) is 20.6 Å². The molecule has 246 valence electrons. The highest BCUT2D eigenvalue weighted by Gasteiger charge is 2.37. The van der Waals surface area contributed by atoms with Gasteiger partial charge in [-0.2, -0.15) is 26.3 Å². The maximum atomic E-state index is 14.0. The Morgan fingerprint density at radius 2 is 1.05 bits per heavy atom. The van der Waals surface area contributed by atoms with Gasteiger partial charge in [-0.15, -0.1) is 0 Å². The predicted molar refractivity (Wildman–Crippen MR) is 170 cm³/mol. The molecule has 44 heavy (non-hydrogen) atoms. The van der Waals surface area contributed by atoms with Crippen molar-refractivity contribution in [2.75, 3.05) is 13.1 Å². The Kier molecular flexibility index (Phi) is 15.2. The largest absolute Gasteiger partial charge is 0.449 e. The van der Waals surface area contributed by atoms with Crippen molar-refractivity contribution in [2.45, 2.75) is 117 Å². The summed E-state index contributed by atoms with van der Waals surface area (Å²) < 4.78 is 83.6. The maximum absolute atomic E-state index is 14.0. The molecule has 4 nitrogen and oxygen atoms in total. The zero-order valence-corrected chi connectivity index (χ0v) is 26.7. The van der Waals surface area contributed by atoms with Crippen LogP contribution in [0.3, 0.4) is 0 Å². The lowest BCUT2D eigenvalue weighted by atomic mass is 9.93. The Labute approximate surface area is 258 Å². The smallest absolute Gasteiger partial charge is 0.366 e. The van der Waals surface area contributed by atoms with E-state index in [0.717, 1.165) is 47.9 Å². The first-order valence-corrected chi connectivity index (χ1v) is 15.9. The fraction of sp³-hybridized carbons (Fsp3) is 0.588. The molecule has 10 heteroatoms. The van der Waals surface area contributed by atoms with E-state index in [-0.39, 0.29) is 19.0 Å². The van der Waals surface area contributed by atoms with E-state index >= 15 is 0 Å². The predicted octanol–water partition coefficient (Wildman–Crippen LogP) is 10.3. The van der Waals surface area contributed by atoms with Crippen molar-refractivity contribution in [3.63, 3.8) is 0 Å². The van der Waals surface area contributed by atoms with Crippen LogP contribution in [-0.2, 0) is 19.3 Å². The molecule has 0 saturated carbocycles. The molecule has 0 aliphatic rings. The second-order valence-electron chi connectivity index (χ2n) is 11.2. The second kappa shape index (κ2) is 18.1. The van der Waals surface area contributed by atoms with Gasteiger partial charge in [-0.1, -0.05) is 90.3 Å². The van der Waals surface area contributed by atoms with E-state index in [1.165, 1.54) is 0 Å². The molecule has 0 radical (unpaired) electrons. The van der Waals surface area contributed by atoms with Gasteiger partial charge in [-0.25, -0.2) is 9.98 Å². The van der Waals surface area contributed by atoms with Gasteiger partial charge in [0, 0.05) is 13.1 Å². The van der Waals surface area contributed by atoms with Crippen LogP contribution in [-0.4, -0.2) is 37.1 Å². The van der Waals surface area contributed by atoms with Gasteiger partial charge in [0.05, 0.1) is 11.4 Å². The van der Waals surface area contributed by atoms with Crippen molar-refractivity contribution in [1.82, 2.24) is 10.6 Å². The van der Waals surface area contributed by atoms with Crippen molar-refractivity contribution in [2.24, 2.45) is 9.98 Å². The molecule has 2 aromatic carbocycles. The first-order valence-electron chi connectivity index (χ1n) is 15.9. The number of benzene rings is 2. The standard InChI is InChI=1S/C34H48F6N4/c1-6-15-25-18-13-19-26(16-7-2)29(25)43-31(33(35,36)37)41-22-11-10-12-23-42-32(34(38,39)40)44-30-27(17-8-3)20-14-21-28(30)24(5)9-4/h13-14,18-21,24H,6-12,15-17,22-23H2,1-5H3,(H,41,43)(H,42,44). The number of para-hydroxylation sites is 2. The average molecular weight is 627 g/mol. The highest BCUT2D eigenvalue weighted by Crippen LogP contribution is 2.34. The van der Waals surface area contributed by atoms with Crippen LogP contribution < -0.4 is 10.6 Å². The van der Waals surface area contributed by atoms with E-state index < -0.39 is 24.0 Å². The molecule has 1 unspecified atom stereocenters. The maximum Gasteiger partial charge on any atom is 0.449 e. The lowest BCUT2D eigenvalue weighted by Gasteiger charge is -2.19. The van der Waals surface area contributed by atoms with E-state index in [1.807, 2.05) is 71.0 Å². The number of hydrogen-bond acceptors (Lipinski definition) is 2. The monoisotopic (exact) mass is 626 g/mol. The van der Waals surface area contributed by atoms with E-state index in [0.29, 0.717) is 49.9 Å². The zero-order valence-electron chi connectivity index (χ0n) is 26.7. The Bertz CT molecular complexity index is 1190. The number of nitrogens with one attached hydrogen (secondary N) is 2. The molecule has 0 fully saturated rings. The summed E-state index contributed by atoms with van der Waals surface area (Å²) in [7, 11) is 0. The number of halogens is 6. The number of amidine groups is 2. The molecular formula is C34H48F6N4. The molecule has 2 rings (SSSR count). The van der Waals surface area contributed by atoms with Gasteiger partial charge in [0.25, 0.3) is 0 Å². The van der Waals surface area contributed by atoms with E-state index in [1.54, 1.807) is 0 Å². The zero-order chi connectivity index (χ0) is 32.8. The molecular weight excluding hydrogens is 578 g/mol. The summed E-state index contributed by atoms with van der Waals surface area (Å²) in [5, 5.41) is 4.90. The molecule has 0 aliphatic carbocycles. The molecule has 0 spiro atoms. The van der Waals surface area contributed by atoms with Crippen LogP contribution in [0.25, 0.3) is 0 Å². The minimum absolute atomic E-state index is 0.000273. The fourth-order valence-electron chi connectivity index (χ4n) is 5.04. The van der Waals surface area contributed by atoms with Crippen molar-refractivity contribution in [3.05, 3.63) is 58.7 Å². The highest BCUT2D eigenvalue weighted by molar-refractivity contribution is 5.91. The van der Waals surface area contributed by atoms with Crippen LogP contribution in [0, 0.1) is 0 Å². The third-order valence-electron chi connectivity index (χ3n) is 7.48. The van der Waals surface area contributed by atoms with Gasteiger partial charge in [-0.3, -0.25) is 0 Å². The lowest BCUT2D eigenvalue weighted by Crippen LogP contribution is -2.38. The lowest BCUT2D eigenvalue weighted by molar-refractivity contribution is -0.0625. The Morgan fingerprint density at radius 3 is 1.45 bits per heavy atom. The van der Waals surface area contributed by atoms with Crippen LogP contribution in [0.4, 0.5) is 37.7 Å². The number of unbranched alkanes of at least 4 members (excludes halogenated alkanes) is 2. The number of nitrogens with zero attached hydrogens (tertiary/aromatic N) is 2. The Morgan fingerprint density at radius 1 is 0.636 bits per heavy atom. The topological polar surface area (TPSA) is 48.8 Å². The highest BCUT2D eigenvalue weighted by atomic mass is 19.4. The van der Waals surface area contributed by atoms with Crippen molar-refractivity contribution >= 4 is 23.0 Å². The van der Waals surface area contributed by atoms with Crippen molar-refractivity contribution < 1.29 is 26.3 Å². The SMILES string of the molecule is CCCc1cccc(CCC)c1/N=C(/NCCCCCN/C(=N/c1c(CCC)cccc1C(C)CC)C(F)(F)F)C(F)(F)F. The normalized spacial score (nSPS) is 13.7. The molecule has 0 bridgehead atoms. The summed E-state index contributed by atoms with van der Waals surface area (Å²) in [6, 6.07) is 11.0. The van der Waals surface area contributed by atoms with Crippen LogP contribution >= 0.6 is 0 Å². The average Bonchev–Trinajstić information content (AvgIpc) is 2.96. The molecule has 0 aliphatic heterocycles. The van der Waals surface area contributed by atoms with Crippen molar-refractivity contribution in [1.29, 1.82) is 0 Å². The van der Waals surface area contributed by atoms with Gasteiger partial charge in [0.15, 0.2) is 0 Å². The first kappa shape index (κ1) is 37.1. The van der Waals surface area contributed by atoms with Crippen LogP contribution in [0.15, 0.2) is 46.4 Å². The summed E-state index contributed by atoms with van der Waals surface area (Å²) in [6.07, 6.45) is -3.24. The minimum Gasteiger partial charge on any atom is -0.366 e. The summed E-state index contributed by atoms with van der Waals surface area (Å²) in [5.41, 5.74) is 3.87. The van der Waals surface area contributed by atoms with E-state index in [4.69, 9.17) is 0 Å². The second-order valence-corrected chi connectivity index (χ2v) is 11.2. The number of hydrogen-bond donors (Lipinski definition) is 2. The number of rotatable bonds is 16. The fourth-order valence-corrected chi connectivity index (χ4v) is 5.04. The third kappa shape index (κ3) is 11.5. The summed E-state index contributed by atoms with van der Waals surface area (Å²) in [4.78, 5) is 8.17. The van der Waals surface area contributed by atoms with Gasteiger partial charge in [-0.05, 0) is 73.1 Å². The number of alkyl halides is 6. The van der Waals surface area contributed by atoms with Crippen LogP contribution in [0.1, 0.15) is 108 Å².